The van der Waals surface area contributed by atoms with Crippen molar-refractivity contribution in [3.63, 3.8) is 0 Å². The molecule has 1 saturated carbocycles. The molecule has 0 bridgehead atoms. The molecular formula is C11H13F3N2S. The Bertz CT molecular complexity index is 405. The first-order valence-electron chi connectivity index (χ1n) is 5.76. The van der Waals surface area contributed by atoms with Gasteiger partial charge in [0.1, 0.15) is 0 Å². The summed E-state index contributed by atoms with van der Waals surface area (Å²) >= 11 is 1.64. The van der Waals surface area contributed by atoms with E-state index in [1.807, 2.05) is 10.3 Å². The molecule has 0 unspecified atom stereocenters. The summed E-state index contributed by atoms with van der Waals surface area (Å²) < 4.78 is 36.9. The van der Waals surface area contributed by atoms with Gasteiger partial charge in [0, 0.05) is 30.9 Å². The maximum absolute atomic E-state index is 12.3. The van der Waals surface area contributed by atoms with Crippen LogP contribution < -0.4 is 0 Å². The van der Waals surface area contributed by atoms with Crippen LogP contribution in [0.1, 0.15) is 29.5 Å². The number of thiazole rings is 1. The molecule has 2 aliphatic rings. The lowest BCUT2D eigenvalue weighted by Crippen LogP contribution is -2.52. The third-order valence-corrected chi connectivity index (χ3v) is 4.36. The molecule has 2 fully saturated rings. The summed E-state index contributed by atoms with van der Waals surface area (Å²) in [5.74, 6) is -0.503. The van der Waals surface area contributed by atoms with Crippen LogP contribution in [-0.4, -0.2) is 29.1 Å². The Labute approximate surface area is 101 Å². The van der Waals surface area contributed by atoms with Crippen LogP contribution in [0.4, 0.5) is 13.2 Å². The van der Waals surface area contributed by atoms with E-state index in [-0.39, 0.29) is 13.1 Å². The normalized spacial score (nSPS) is 22.8. The largest absolute Gasteiger partial charge is 0.394 e. The fraction of sp³-hybridized carbons (Fsp3) is 0.727. The number of hydrogen-bond donors (Lipinski definition) is 0. The van der Waals surface area contributed by atoms with Gasteiger partial charge >= 0.3 is 6.18 Å². The van der Waals surface area contributed by atoms with E-state index in [1.165, 1.54) is 12.8 Å². The topological polar surface area (TPSA) is 16.1 Å². The van der Waals surface area contributed by atoms with E-state index in [0.717, 1.165) is 10.7 Å². The number of likely N-dealkylation sites (tertiary alicyclic amines) is 1. The van der Waals surface area contributed by atoms with Gasteiger partial charge in [0.15, 0.2) is 0 Å². The highest BCUT2D eigenvalue weighted by molar-refractivity contribution is 7.09. The molecule has 1 aromatic rings. The fourth-order valence-corrected chi connectivity index (χ4v) is 3.03. The van der Waals surface area contributed by atoms with Gasteiger partial charge in [-0.3, -0.25) is 4.90 Å². The third-order valence-electron chi connectivity index (χ3n) is 3.30. The van der Waals surface area contributed by atoms with Gasteiger partial charge in [-0.05, 0) is 12.8 Å². The number of aromatic nitrogens is 1. The van der Waals surface area contributed by atoms with Crippen molar-refractivity contribution >= 4 is 11.3 Å². The monoisotopic (exact) mass is 262 g/mol. The minimum absolute atomic E-state index is 0.125. The van der Waals surface area contributed by atoms with Crippen molar-refractivity contribution in [3.8, 4) is 0 Å². The molecule has 0 aromatic carbocycles. The molecule has 6 heteroatoms. The Morgan fingerprint density at radius 1 is 1.35 bits per heavy atom. The van der Waals surface area contributed by atoms with Crippen molar-refractivity contribution in [2.45, 2.75) is 31.5 Å². The first kappa shape index (κ1) is 11.5. The van der Waals surface area contributed by atoms with Crippen molar-refractivity contribution in [2.75, 3.05) is 13.1 Å². The van der Waals surface area contributed by atoms with Gasteiger partial charge in [-0.25, -0.2) is 4.98 Å². The van der Waals surface area contributed by atoms with Crippen LogP contribution in [0.5, 0.6) is 0 Å². The molecule has 1 aliphatic carbocycles. The first-order valence-corrected chi connectivity index (χ1v) is 6.63. The molecular weight excluding hydrogens is 249 g/mol. The Morgan fingerprint density at radius 3 is 2.65 bits per heavy atom. The smallest absolute Gasteiger partial charge is 0.296 e. The molecule has 2 nitrogen and oxygen atoms in total. The average molecular weight is 262 g/mol. The molecule has 17 heavy (non-hydrogen) atoms. The summed E-state index contributed by atoms with van der Waals surface area (Å²) in [6, 6.07) is 0. The summed E-state index contributed by atoms with van der Waals surface area (Å²) in [4.78, 5) is 6.29. The highest BCUT2D eigenvalue weighted by Crippen LogP contribution is 2.41. The standard InChI is InChI=1S/C11H13F3N2S/c12-11(13,14)8-3-16(4-8)5-9-6-17-10(15-9)7-1-2-7/h6-8H,1-5H2. The van der Waals surface area contributed by atoms with Crippen molar-refractivity contribution < 1.29 is 13.2 Å². The quantitative estimate of drug-likeness (QED) is 0.832. The summed E-state index contributed by atoms with van der Waals surface area (Å²) in [5.41, 5.74) is 0.928. The molecule has 1 aliphatic heterocycles. The molecule has 1 aromatic heterocycles. The van der Waals surface area contributed by atoms with E-state index in [2.05, 4.69) is 4.98 Å². The molecule has 1 saturated heterocycles. The second-order valence-corrected chi connectivity index (χ2v) is 5.77. The molecule has 0 N–H and O–H groups in total. The lowest BCUT2D eigenvalue weighted by Gasteiger charge is -2.39. The number of nitrogens with zero attached hydrogens (tertiary/aromatic N) is 2. The number of rotatable bonds is 3. The molecule has 0 spiro atoms. The molecule has 94 valence electrons. The van der Waals surface area contributed by atoms with E-state index in [9.17, 15) is 13.2 Å². The Kier molecular flexibility index (Phi) is 2.66. The highest BCUT2D eigenvalue weighted by atomic mass is 32.1. The van der Waals surface area contributed by atoms with Crippen LogP contribution in [0.2, 0.25) is 0 Å². The minimum atomic E-state index is -4.03. The van der Waals surface area contributed by atoms with Gasteiger partial charge in [-0.2, -0.15) is 13.2 Å². The van der Waals surface area contributed by atoms with Gasteiger partial charge in [0.2, 0.25) is 0 Å². The summed E-state index contributed by atoms with van der Waals surface area (Å²) in [6.07, 6.45) is -1.60. The van der Waals surface area contributed by atoms with Crippen LogP contribution in [0.15, 0.2) is 5.38 Å². The Balaban J connectivity index is 1.51. The van der Waals surface area contributed by atoms with Crippen molar-refractivity contribution in [2.24, 2.45) is 5.92 Å². The second-order valence-electron chi connectivity index (χ2n) is 4.88. The number of halogens is 3. The van der Waals surface area contributed by atoms with E-state index in [1.54, 1.807) is 11.3 Å². The van der Waals surface area contributed by atoms with Crippen LogP contribution in [0, 0.1) is 5.92 Å². The minimum Gasteiger partial charge on any atom is -0.296 e. The van der Waals surface area contributed by atoms with E-state index in [0.29, 0.717) is 12.5 Å². The van der Waals surface area contributed by atoms with Gasteiger partial charge in [0.05, 0.1) is 16.6 Å². The van der Waals surface area contributed by atoms with E-state index >= 15 is 0 Å². The zero-order valence-corrected chi connectivity index (χ0v) is 10.0. The Morgan fingerprint density at radius 2 is 2.06 bits per heavy atom. The first-order chi connectivity index (χ1) is 8.02. The SMILES string of the molecule is FC(F)(F)C1CN(Cc2csc(C3CC3)n2)C1. The molecule has 0 amide bonds. The predicted octanol–water partition coefficient (Wildman–Crippen LogP) is 3.01. The highest BCUT2D eigenvalue weighted by Gasteiger charge is 2.47. The summed E-state index contributed by atoms with van der Waals surface area (Å²) in [6.45, 7) is 0.815. The Hall–Kier alpha value is -0.620. The molecule has 3 rings (SSSR count). The van der Waals surface area contributed by atoms with Gasteiger partial charge in [-0.15, -0.1) is 11.3 Å². The number of alkyl halides is 3. The lowest BCUT2D eigenvalue weighted by molar-refractivity contribution is -0.210. The van der Waals surface area contributed by atoms with Gasteiger partial charge < -0.3 is 0 Å². The average Bonchev–Trinajstić information content (AvgIpc) is 2.90. The molecule has 2 heterocycles. The van der Waals surface area contributed by atoms with Gasteiger partial charge in [-0.1, -0.05) is 0 Å². The predicted molar refractivity (Wildman–Crippen MR) is 58.9 cm³/mol. The van der Waals surface area contributed by atoms with Crippen LogP contribution >= 0.6 is 11.3 Å². The second kappa shape index (κ2) is 3.95. The zero-order chi connectivity index (χ0) is 12.0. The lowest BCUT2D eigenvalue weighted by atomic mass is 10.00. The fourth-order valence-electron chi connectivity index (χ4n) is 2.05. The van der Waals surface area contributed by atoms with Crippen molar-refractivity contribution in [1.82, 2.24) is 9.88 Å². The zero-order valence-electron chi connectivity index (χ0n) is 9.20. The maximum Gasteiger partial charge on any atom is 0.394 e. The van der Waals surface area contributed by atoms with Crippen molar-refractivity contribution in [1.29, 1.82) is 0 Å². The van der Waals surface area contributed by atoms with Gasteiger partial charge in [0.25, 0.3) is 0 Å². The summed E-state index contributed by atoms with van der Waals surface area (Å²) in [7, 11) is 0. The van der Waals surface area contributed by atoms with E-state index in [4.69, 9.17) is 0 Å². The van der Waals surface area contributed by atoms with Crippen molar-refractivity contribution in [3.05, 3.63) is 16.1 Å². The molecule has 0 radical (unpaired) electrons. The number of hydrogen-bond acceptors (Lipinski definition) is 3. The third kappa shape index (κ3) is 2.47. The maximum atomic E-state index is 12.3. The van der Waals surface area contributed by atoms with Crippen LogP contribution in [0.25, 0.3) is 0 Å². The summed E-state index contributed by atoms with van der Waals surface area (Å²) in [5, 5.41) is 3.14. The van der Waals surface area contributed by atoms with Crippen LogP contribution in [-0.2, 0) is 6.54 Å². The van der Waals surface area contributed by atoms with Crippen LogP contribution in [0.3, 0.4) is 0 Å². The molecule has 0 atom stereocenters. The van der Waals surface area contributed by atoms with E-state index < -0.39 is 12.1 Å².